The number of carbonyl (C=O) groups excluding carboxylic acids is 1. The highest BCUT2D eigenvalue weighted by molar-refractivity contribution is 5.97. The molecule has 0 saturated heterocycles. The predicted molar refractivity (Wildman–Crippen MR) is 94.3 cm³/mol. The number of aryl methyl sites for hydroxylation is 1. The second-order valence-electron chi connectivity index (χ2n) is 5.54. The van der Waals surface area contributed by atoms with Gasteiger partial charge in [0.25, 0.3) is 0 Å². The summed E-state index contributed by atoms with van der Waals surface area (Å²) in [5.41, 5.74) is 3.57. The summed E-state index contributed by atoms with van der Waals surface area (Å²) in [6.07, 6.45) is 1.11. The molecule has 23 heavy (non-hydrogen) atoms. The van der Waals surface area contributed by atoms with Crippen LogP contribution in [0.25, 0.3) is 21.9 Å². The summed E-state index contributed by atoms with van der Waals surface area (Å²) in [5.74, 6) is -0.137. The zero-order chi connectivity index (χ0) is 16.1. The van der Waals surface area contributed by atoms with E-state index in [0.717, 1.165) is 5.56 Å². The van der Waals surface area contributed by atoms with E-state index in [1.165, 1.54) is 21.9 Å². The highest BCUT2D eigenvalue weighted by Crippen LogP contribution is 2.30. The molecular formula is C21H20O2. The Morgan fingerprint density at radius 2 is 1.70 bits per heavy atom. The van der Waals surface area contributed by atoms with Gasteiger partial charge in [0.2, 0.25) is 0 Å². The quantitative estimate of drug-likeness (QED) is 0.620. The maximum absolute atomic E-state index is 11.6. The SMILES string of the molecule is CCOC(=O)CCc1cc(-c2ccccc2)c2ccccc2c1. The summed E-state index contributed by atoms with van der Waals surface area (Å²) < 4.78 is 5.03. The highest BCUT2D eigenvalue weighted by Gasteiger charge is 2.08. The van der Waals surface area contributed by atoms with Crippen LogP contribution in [0.1, 0.15) is 18.9 Å². The Morgan fingerprint density at radius 1 is 0.957 bits per heavy atom. The van der Waals surface area contributed by atoms with Crippen molar-refractivity contribution in [1.29, 1.82) is 0 Å². The molecule has 2 heteroatoms. The fourth-order valence-corrected chi connectivity index (χ4v) is 2.85. The van der Waals surface area contributed by atoms with Crippen molar-refractivity contribution in [3.8, 4) is 11.1 Å². The van der Waals surface area contributed by atoms with Crippen LogP contribution >= 0.6 is 0 Å². The summed E-state index contributed by atoms with van der Waals surface area (Å²) in [6, 6.07) is 23.1. The Labute approximate surface area is 136 Å². The molecular weight excluding hydrogens is 284 g/mol. The van der Waals surface area contributed by atoms with Gasteiger partial charge in [0.1, 0.15) is 0 Å². The molecule has 0 aliphatic carbocycles. The van der Waals surface area contributed by atoms with Crippen molar-refractivity contribution < 1.29 is 9.53 Å². The molecule has 0 aliphatic heterocycles. The van der Waals surface area contributed by atoms with Gasteiger partial charge in [-0.3, -0.25) is 4.79 Å². The van der Waals surface area contributed by atoms with Crippen molar-refractivity contribution in [2.75, 3.05) is 6.61 Å². The lowest BCUT2D eigenvalue weighted by Crippen LogP contribution is -2.05. The lowest BCUT2D eigenvalue weighted by Gasteiger charge is -2.11. The third-order valence-electron chi connectivity index (χ3n) is 3.93. The van der Waals surface area contributed by atoms with Gasteiger partial charge < -0.3 is 4.74 Å². The van der Waals surface area contributed by atoms with Crippen molar-refractivity contribution >= 4 is 16.7 Å². The lowest BCUT2D eigenvalue weighted by atomic mass is 9.94. The molecule has 2 nitrogen and oxygen atoms in total. The van der Waals surface area contributed by atoms with Crippen LogP contribution < -0.4 is 0 Å². The van der Waals surface area contributed by atoms with Crippen molar-refractivity contribution in [2.24, 2.45) is 0 Å². The molecule has 0 unspecified atom stereocenters. The maximum atomic E-state index is 11.6. The second-order valence-corrected chi connectivity index (χ2v) is 5.54. The van der Waals surface area contributed by atoms with Crippen LogP contribution in [0, 0.1) is 0 Å². The molecule has 0 N–H and O–H groups in total. The van der Waals surface area contributed by atoms with Gasteiger partial charge in [0.15, 0.2) is 0 Å². The Kier molecular flexibility index (Phi) is 4.72. The minimum absolute atomic E-state index is 0.137. The molecule has 3 aromatic carbocycles. The van der Waals surface area contributed by atoms with Crippen LogP contribution in [0.3, 0.4) is 0 Å². The molecule has 0 saturated carbocycles. The largest absolute Gasteiger partial charge is 0.466 e. The van der Waals surface area contributed by atoms with E-state index >= 15 is 0 Å². The number of benzene rings is 3. The van der Waals surface area contributed by atoms with Crippen molar-refractivity contribution in [3.63, 3.8) is 0 Å². The number of esters is 1. The molecule has 0 fully saturated rings. The number of hydrogen-bond acceptors (Lipinski definition) is 2. The number of ether oxygens (including phenoxy) is 1. The molecule has 3 rings (SSSR count). The Morgan fingerprint density at radius 3 is 2.48 bits per heavy atom. The fourth-order valence-electron chi connectivity index (χ4n) is 2.85. The van der Waals surface area contributed by atoms with Crippen LogP contribution in [0.15, 0.2) is 66.7 Å². The average molecular weight is 304 g/mol. The van der Waals surface area contributed by atoms with Crippen LogP contribution in [-0.4, -0.2) is 12.6 Å². The van der Waals surface area contributed by atoms with Crippen molar-refractivity contribution in [2.45, 2.75) is 19.8 Å². The Bertz CT molecular complexity index is 806. The summed E-state index contributed by atoms with van der Waals surface area (Å²) in [5, 5.41) is 2.44. The van der Waals surface area contributed by atoms with E-state index in [1.54, 1.807) is 0 Å². The van der Waals surface area contributed by atoms with Gasteiger partial charge in [-0.2, -0.15) is 0 Å². The Hall–Kier alpha value is -2.61. The second kappa shape index (κ2) is 7.10. The van der Waals surface area contributed by atoms with Gasteiger partial charge in [0.05, 0.1) is 6.61 Å². The maximum Gasteiger partial charge on any atom is 0.306 e. The van der Waals surface area contributed by atoms with E-state index in [2.05, 4.69) is 54.6 Å². The van der Waals surface area contributed by atoms with Crippen LogP contribution in [0.2, 0.25) is 0 Å². The van der Waals surface area contributed by atoms with Crippen LogP contribution in [0.5, 0.6) is 0 Å². The van der Waals surface area contributed by atoms with Crippen LogP contribution in [0.4, 0.5) is 0 Å². The molecule has 116 valence electrons. The highest BCUT2D eigenvalue weighted by atomic mass is 16.5. The van der Waals surface area contributed by atoms with Gasteiger partial charge in [0, 0.05) is 6.42 Å². The van der Waals surface area contributed by atoms with Crippen molar-refractivity contribution in [1.82, 2.24) is 0 Å². The molecule has 0 heterocycles. The van der Waals surface area contributed by atoms with Gasteiger partial charge >= 0.3 is 5.97 Å². The Balaban J connectivity index is 1.99. The average Bonchev–Trinajstić information content (AvgIpc) is 2.60. The molecule has 0 radical (unpaired) electrons. The van der Waals surface area contributed by atoms with Gasteiger partial charge in [-0.15, -0.1) is 0 Å². The minimum atomic E-state index is -0.137. The zero-order valence-electron chi connectivity index (χ0n) is 13.3. The third kappa shape index (κ3) is 3.59. The third-order valence-corrected chi connectivity index (χ3v) is 3.93. The minimum Gasteiger partial charge on any atom is -0.466 e. The summed E-state index contributed by atoms with van der Waals surface area (Å²) in [4.78, 5) is 11.6. The number of hydrogen-bond donors (Lipinski definition) is 0. The number of fused-ring (bicyclic) bond motifs is 1. The molecule has 0 spiro atoms. The lowest BCUT2D eigenvalue weighted by molar-refractivity contribution is -0.143. The topological polar surface area (TPSA) is 26.3 Å². The monoisotopic (exact) mass is 304 g/mol. The first-order valence-electron chi connectivity index (χ1n) is 8.00. The predicted octanol–water partition coefficient (Wildman–Crippen LogP) is 5.00. The van der Waals surface area contributed by atoms with E-state index in [9.17, 15) is 4.79 Å². The molecule has 0 aliphatic rings. The zero-order valence-corrected chi connectivity index (χ0v) is 13.3. The first-order chi connectivity index (χ1) is 11.3. The smallest absolute Gasteiger partial charge is 0.306 e. The first-order valence-corrected chi connectivity index (χ1v) is 8.00. The normalized spacial score (nSPS) is 10.7. The summed E-state index contributed by atoms with van der Waals surface area (Å²) in [6.45, 7) is 2.27. The van der Waals surface area contributed by atoms with Crippen molar-refractivity contribution in [3.05, 3.63) is 72.3 Å². The molecule has 0 bridgehead atoms. The van der Waals surface area contributed by atoms with Crippen LogP contribution in [-0.2, 0) is 16.0 Å². The van der Waals surface area contributed by atoms with E-state index in [1.807, 2.05) is 19.1 Å². The summed E-state index contributed by atoms with van der Waals surface area (Å²) in [7, 11) is 0. The standard InChI is InChI=1S/C21H20O2/c1-2-23-21(22)13-12-16-14-18-10-6-7-11-19(18)20(15-16)17-8-4-3-5-9-17/h3-11,14-15H,2,12-13H2,1H3. The van der Waals surface area contributed by atoms with E-state index in [0.29, 0.717) is 19.4 Å². The van der Waals surface area contributed by atoms with E-state index in [-0.39, 0.29) is 5.97 Å². The molecule has 3 aromatic rings. The molecule has 0 atom stereocenters. The van der Waals surface area contributed by atoms with Gasteiger partial charge in [-0.25, -0.2) is 0 Å². The number of carbonyl (C=O) groups is 1. The summed E-state index contributed by atoms with van der Waals surface area (Å²) >= 11 is 0. The fraction of sp³-hybridized carbons (Fsp3) is 0.190. The molecule has 0 amide bonds. The van der Waals surface area contributed by atoms with E-state index < -0.39 is 0 Å². The first kappa shape index (κ1) is 15.3. The number of rotatable bonds is 5. The van der Waals surface area contributed by atoms with Gasteiger partial charge in [-0.05, 0) is 40.8 Å². The molecule has 0 aromatic heterocycles. The van der Waals surface area contributed by atoms with E-state index in [4.69, 9.17) is 4.74 Å². The van der Waals surface area contributed by atoms with Gasteiger partial charge in [-0.1, -0.05) is 66.7 Å².